The summed E-state index contributed by atoms with van der Waals surface area (Å²) in [7, 11) is 2.93. The molecule has 1 N–H and O–H groups in total. The first-order valence-corrected chi connectivity index (χ1v) is 5.18. The summed E-state index contributed by atoms with van der Waals surface area (Å²) in [6.07, 6.45) is -0.0347. The third kappa shape index (κ3) is 2.17. The molecule has 0 aromatic rings. The number of hydrogen-bond donors (Lipinski definition) is 1. The van der Waals surface area contributed by atoms with Crippen molar-refractivity contribution in [1.29, 1.82) is 0 Å². The maximum absolute atomic E-state index is 12.0. The number of imide groups is 1. The summed E-state index contributed by atoms with van der Waals surface area (Å²) in [5, 5.41) is 2.66. The summed E-state index contributed by atoms with van der Waals surface area (Å²) < 4.78 is 9.93. The highest BCUT2D eigenvalue weighted by Crippen LogP contribution is 2.21. The van der Waals surface area contributed by atoms with Crippen LogP contribution in [0.4, 0.5) is 4.79 Å². The number of carbonyl (C=O) groups is 2. The molecule has 0 bridgehead atoms. The molecule has 3 amide bonds. The monoisotopic (exact) mass is 230 g/mol. The Labute approximate surface area is 94.9 Å². The number of nitrogens with one attached hydrogen (secondary N) is 1. The number of amides is 3. The van der Waals surface area contributed by atoms with Gasteiger partial charge in [-0.15, -0.1) is 0 Å². The van der Waals surface area contributed by atoms with Gasteiger partial charge in [-0.3, -0.25) is 9.69 Å². The molecule has 1 unspecified atom stereocenters. The van der Waals surface area contributed by atoms with Crippen LogP contribution < -0.4 is 5.32 Å². The number of ether oxygens (including phenoxy) is 2. The largest absolute Gasteiger partial charge is 0.354 e. The van der Waals surface area contributed by atoms with E-state index in [9.17, 15) is 9.59 Å². The van der Waals surface area contributed by atoms with Crippen LogP contribution >= 0.6 is 0 Å². The van der Waals surface area contributed by atoms with Crippen LogP contribution in [0.25, 0.3) is 0 Å². The maximum atomic E-state index is 12.0. The zero-order chi connectivity index (χ0) is 12.3. The molecule has 1 fully saturated rings. The lowest BCUT2D eigenvalue weighted by atomic mass is 9.99. The van der Waals surface area contributed by atoms with Crippen LogP contribution in [0.15, 0.2) is 0 Å². The van der Waals surface area contributed by atoms with E-state index >= 15 is 0 Å². The number of urea groups is 1. The Morgan fingerprint density at radius 3 is 2.31 bits per heavy atom. The summed E-state index contributed by atoms with van der Waals surface area (Å²) in [4.78, 5) is 24.7. The Kier molecular flexibility index (Phi) is 3.88. The SMILES string of the molecule is CCC1(C)NC(=O)N(CC(OC)OC)C1=O. The molecule has 6 heteroatoms. The first-order chi connectivity index (χ1) is 7.48. The predicted molar refractivity (Wildman–Crippen MR) is 56.7 cm³/mol. The van der Waals surface area contributed by atoms with E-state index in [0.29, 0.717) is 6.42 Å². The van der Waals surface area contributed by atoms with E-state index in [1.54, 1.807) is 6.92 Å². The van der Waals surface area contributed by atoms with Crippen LogP contribution in [0.5, 0.6) is 0 Å². The third-order valence-electron chi connectivity index (χ3n) is 2.91. The van der Waals surface area contributed by atoms with Gasteiger partial charge in [0.05, 0.1) is 6.54 Å². The molecule has 0 radical (unpaired) electrons. The highest BCUT2D eigenvalue weighted by molar-refractivity contribution is 6.06. The molecule has 1 heterocycles. The minimum atomic E-state index is -0.802. The Balaban J connectivity index is 2.75. The standard InChI is InChI=1S/C10H18N2O4/c1-5-10(2)8(13)12(9(14)11-10)6-7(15-3)16-4/h7H,5-6H2,1-4H3,(H,11,14). The molecule has 0 aromatic carbocycles. The van der Waals surface area contributed by atoms with Crippen LogP contribution in [0, 0.1) is 0 Å². The molecule has 1 saturated heterocycles. The van der Waals surface area contributed by atoms with Gasteiger partial charge in [0.2, 0.25) is 0 Å². The topological polar surface area (TPSA) is 67.9 Å². The van der Waals surface area contributed by atoms with Crippen molar-refractivity contribution in [2.45, 2.75) is 32.1 Å². The molecule has 1 atom stereocenters. The Morgan fingerprint density at radius 1 is 1.38 bits per heavy atom. The van der Waals surface area contributed by atoms with E-state index < -0.39 is 17.9 Å². The van der Waals surface area contributed by atoms with Gasteiger partial charge in [-0.2, -0.15) is 0 Å². The van der Waals surface area contributed by atoms with E-state index in [4.69, 9.17) is 9.47 Å². The van der Waals surface area contributed by atoms with Gasteiger partial charge in [-0.1, -0.05) is 6.92 Å². The lowest BCUT2D eigenvalue weighted by Gasteiger charge is -2.21. The third-order valence-corrected chi connectivity index (χ3v) is 2.91. The first kappa shape index (κ1) is 12.9. The van der Waals surface area contributed by atoms with Crippen LogP contribution in [-0.4, -0.2) is 49.4 Å². The van der Waals surface area contributed by atoms with E-state index in [0.717, 1.165) is 4.90 Å². The van der Waals surface area contributed by atoms with Crippen molar-refractivity contribution in [2.75, 3.05) is 20.8 Å². The molecule has 0 spiro atoms. The van der Waals surface area contributed by atoms with Gasteiger partial charge < -0.3 is 14.8 Å². The number of rotatable bonds is 5. The van der Waals surface area contributed by atoms with Gasteiger partial charge in [-0.25, -0.2) is 4.79 Å². The molecule has 6 nitrogen and oxygen atoms in total. The Bertz CT molecular complexity index is 291. The van der Waals surface area contributed by atoms with E-state index in [-0.39, 0.29) is 12.5 Å². The summed E-state index contributed by atoms with van der Waals surface area (Å²) in [5.74, 6) is -0.237. The molecule has 0 aromatic heterocycles. The highest BCUT2D eigenvalue weighted by Gasteiger charge is 2.46. The average molecular weight is 230 g/mol. The minimum absolute atomic E-state index is 0.104. The number of hydrogen-bond acceptors (Lipinski definition) is 4. The normalized spacial score (nSPS) is 25.4. The quantitative estimate of drug-likeness (QED) is 0.546. The molecule has 1 aliphatic rings. The van der Waals surface area contributed by atoms with Crippen molar-refractivity contribution in [3.8, 4) is 0 Å². The van der Waals surface area contributed by atoms with E-state index in [1.165, 1.54) is 14.2 Å². The highest BCUT2D eigenvalue weighted by atomic mass is 16.7. The fourth-order valence-corrected chi connectivity index (χ4v) is 1.55. The van der Waals surface area contributed by atoms with Crippen molar-refractivity contribution >= 4 is 11.9 Å². The summed E-state index contributed by atoms with van der Waals surface area (Å²) in [6, 6.07) is -0.395. The molecule has 16 heavy (non-hydrogen) atoms. The Hall–Kier alpha value is -1.14. The van der Waals surface area contributed by atoms with Crippen molar-refractivity contribution in [2.24, 2.45) is 0 Å². The summed E-state index contributed by atoms with van der Waals surface area (Å²) >= 11 is 0. The smallest absolute Gasteiger partial charge is 0.325 e. The van der Waals surface area contributed by atoms with Crippen molar-refractivity contribution in [1.82, 2.24) is 10.2 Å². The molecule has 92 valence electrons. The van der Waals surface area contributed by atoms with Crippen LogP contribution in [0.3, 0.4) is 0 Å². The second-order valence-electron chi connectivity index (χ2n) is 3.93. The minimum Gasteiger partial charge on any atom is -0.354 e. The van der Waals surface area contributed by atoms with Crippen molar-refractivity contribution in [3.63, 3.8) is 0 Å². The zero-order valence-corrected chi connectivity index (χ0v) is 10.1. The fraction of sp³-hybridized carbons (Fsp3) is 0.800. The summed E-state index contributed by atoms with van der Waals surface area (Å²) in [6.45, 7) is 3.67. The Morgan fingerprint density at radius 2 is 1.94 bits per heavy atom. The number of carbonyl (C=O) groups excluding carboxylic acids is 2. The maximum Gasteiger partial charge on any atom is 0.325 e. The first-order valence-electron chi connectivity index (χ1n) is 5.18. The van der Waals surface area contributed by atoms with Crippen LogP contribution in [0.1, 0.15) is 20.3 Å². The van der Waals surface area contributed by atoms with Gasteiger partial charge in [0.15, 0.2) is 6.29 Å². The van der Waals surface area contributed by atoms with Gasteiger partial charge >= 0.3 is 6.03 Å². The second-order valence-corrected chi connectivity index (χ2v) is 3.93. The van der Waals surface area contributed by atoms with Crippen molar-refractivity contribution < 1.29 is 19.1 Å². The second kappa shape index (κ2) is 4.80. The molecule has 1 aliphatic heterocycles. The molecule has 1 rings (SSSR count). The summed E-state index contributed by atoms with van der Waals surface area (Å²) in [5.41, 5.74) is -0.802. The average Bonchev–Trinajstić information content (AvgIpc) is 2.49. The molecule has 0 saturated carbocycles. The zero-order valence-electron chi connectivity index (χ0n) is 10.1. The molecular formula is C10H18N2O4. The number of methoxy groups -OCH3 is 2. The van der Waals surface area contributed by atoms with Crippen LogP contribution in [-0.2, 0) is 14.3 Å². The predicted octanol–water partition coefficient (Wildman–Crippen LogP) is 0.326. The van der Waals surface area contributed by atoms with Gasteiger partial charge in [0, 0.05) is 14.2 Å². The van der Waals surface area contributed by atoms with E-state index in [2.05, 4.69) is 5.32 Å². The lowest BCUT2D eigenvalue weighted by Crippen LogP contribution is -2.44. The molecular weight excluding hydrogens is 212 g/mol. The van der Waals surface area contributed by atoms with E-state index in [1.807, 2.05) is 6.92 Å². The fourth-order valence-electron chi connectivity index (χ4n) is 1.55. The molecule has 0 aliphatic carbocycles. The lowest BCUT2D eigenvalue weighted by molar-refractivity contribution is -0.141. The van der Waals surface area contributed by atoms with Crippen molar-refractivity contribution in [3.05, 3.63) is 0 Å². The van der Waals surface area contributed by atoms with Gasteiger partial charge in [-0.05, 0) is 13.3 Å². The van der Waals surface area contributed by atoms with Crippen LogP contribution in [0.2, 0.25) is 0 Å². The van der Waals surface area contributed by atoms with Gasteiger partial charge in [0.25, 0.3) is 5.91 Å². The number of nitrogens with zero attached hydrogens (tertiary/aromatic N) is 1. The van der Waals surface area contributed by atoms with Gasteiger partial charge in [0.1, 0.15) is 5.54 Å².